The van der Waals surface area contributed by atoms with Crippen LogP contribution in [0.2, 0.25) is 0 Å². The molecule has 28 heavy (non-hydrogen) atoms. The number of anilines is 1. The van der Waals surface area contributed by atoms with Gasteiger partial charge in [0.25, 0.3) is 0 Å². The predicted octanol–water partition coefficient (Wildman–Crippen LogP) is 1.16. The Kier molecular flexibility index (Phi) is 6.22. The number of nitrogens with one attached hydrogen (secondary N) is 1. The van der Waals surface area contributed by atoms with E-state index in [-0.39, 0.29) is 17.7 Å². The summed E-state index contributed by atoms with van der Waals surface area (Å²) in [4.78, 5) is 15.6. The quantitative estimate of drug-likeness (QED) is 0.722. The van der Waals surface area contributed by atoms with Gasteiger partial charge in [0.15, 0.2) is 0 Å². The number of rotatable bonds is 6. The van der Waals surface area contributed by atoms with Gasteiger partial charge in [-0.25, -0.2) is 9.18 Å². The molecule has 1 aromatic heterocycles. The molecule has 3 rings (SSSR count). The van der Waals surface area contributed by atoms with E-state index in [9.17, 15) is 17.6 Å². The van der Waals surface area contributed by atoms with E-state index in [1.165, 1.54) is 35.9 Å². The van der Waals surface area contributed by atoms with Crippen molar-refractivity contribution in [3.8, 4) is 0 Å². The molecular weight excluding hydrogens is 387 g/mol. The van der Waals surface area contributed by atoms with Crippen LogP contribution in [0, 0.1) is 5.82 Å². The van der Waals surface area contributed by atoms with Gasteiger partial charge in [-0.3, -0.25) is 9.29 Å². The average Bonchev–Trinajstić information content (AvgIpc) is 2.73. The van der Waals surface area contributed by atoms with Crippen molar-refractivity contribution < 1.29 is 22.3 Å². The molecule has 0 radical (unpaired) electrons. The van der Waals surface area contributed by atoms with Gasteiger partial charge in [-0.05, 0) is 24.3 Å². The van der Waals surface area contributed by atoms with Crippen LogP contribution in [-0.4, -0.2) is 57.0 Å². The van der Waals surface area contributed by atoms with Crippen LogP contribution in [0.25, 0.3) is 0 Å². The SMILES string of the molecule is COC(=O)c1ccc(CN(c2cccnc2)S(=O)(=O)N2CCNCC2)c(F)c1. The Hall–Kier alpha value is -2.56. The third-order valence-corrected chi connectivity index (χ3v) is 6.32. The summed E-state index contributed by atoms with van der Waals surface area (Å²) in [5, 5.41) is 3.11. The van der Waals surface area contributed by atoms with E-state index in [1.807, 2.05) is 0 Å². The summed E-state index contributed by atoms with van der Waals surface area (Å²) < 4.78 is 48.1. The van der Waals surface area contributed by atoms with Crippen molar-refractivity contribution in [2.24, 2.45) is 0 Å². The highest BCUT2D eigenvalue weighted by atomic mass is 32.2. The largest absolute Gasteiger partial charge is 0.465 e. The normalized spacial score (nSPS) is 15.2. The molecule has 0 unspecified atom stereocenters. The Labute approximate surface area is 163 Å². The van der Waals surface area contributed by atoms with Gasteiger partial charge in [0.05, 0.1) is 31.1 Å². The lowest BCUT2D eigenvalue weighted by molar-refractivity contribution is 0.0600. The molecule has 0 atom stereocenters. The Balaban J connectivity index is 1.96. The molecule has 1 fully saturated rings. The number of benzene rings is 1. The highest BCUT2D eigenvalue weighted by Gasteiger charge is 2.31. The van der Waals surface area contributed by atoms with E-state index in [0.717, 1.165) is 10.4 Å². The fraction of sp³-hybridized carbons (Fsp3) is 0.333. The number of piperazine rings is 1. The molecule has 8 nitrogen and oxygen atoms in total. The van der Waals surface area contributed by atoms with Gasteiger partial charge in [0.2, 0.25) is 0 Å². The second-order valence-electron chi connectivity index (χ2n) is 6.17. The van der Waals surface area contributed by atoms with Crippen molar-refractivity contribution in [2.75, 3.05) is 37.6 Å². The first-order chi connectivity index (χ1) is 13.4. The lowest BCUT2D eigenvalue weighted by Gasteiger charge is -2.33. The van der Waals surface area contributed by atoms with Gasteiger partial charge < -0.3 is 10.1 Å². The molecule has 0 aliphatic carbocycles. The zero-order chi connectivity index (χ0) is 20.1. The minimum atomic E-state index is -3.89. The number of hydrogen-bond donors (Lipinski definition) is 1. The molecule has 1 aromatic carbocycles. The first-order valence-electron chi connectivity index (χ1n) is 8.69. The number of nitrogens with zero attached hydrogens (tertiary/aromatic N) is 3. The van der Waals surface area contributed by atoms with Gasteiger partial charge >= 0.3 is 16.2 Å². The van der Waals surface area contributed by atoms with Crippen molar-refractivity contribution in [3.05, 3.63) is 59.7 Å². The molecule has 1 aliphatic rings. The maximum atomic E-state index is 14.6. The van der Waals surface area contributed by atoms with Crippen molar-refractivity contribution >= 4 is 21.9 Å². The Morgan fingerprint density at radius 2 is 2.07 bits per heavy atom. The molecule has 0 spiro atoms. The summed E-state index contributed by atoms with van der Waals surface area (Å²) in [5.41, 5.74) is 0.523. The van der Waals surface area contributed by atoms with Gasteiger partial charge in [-0.15, -0.1) is 0 Å². The summed E-state index contributed by atoms with van der Waals surface area (Å²) >= 11 is 0. The third-order valence-electron chi connectivity index (χ3n) is 4.40. The molecule has 150 valence electrons. The highest BCUT2D eigenvalue weighted by Crippen LogP contribution is 2.24. The van der Waals surface area contributed by atoms with E-state index < -0.39 is 22.0 Å². The van der Waals surface area contributed by atoms with Crippen LogP contribution in [0.15, 0.2) is 42.7 Å². The molecule has 2 aromatic rings. The molecule has 0 saturated carbocycles. The maximum Gasteiger partial charge on any atom is 0.337 e. The fourth-order valence-corrected chi connectivity index (χ4v) is 4.50. The zero-order valence-electron chi connectivity index (χ0n) is 15.3. The average molecular weight is 408 g/mol. The lowest BCUT2D eigenvalue weighted by Crippen LogP contribution is -2.51. The summed E-state index contributed by atoms with van der Waals surface area (Å²) in [7, 11) is -2.69. The second-order valence-corrected chi connectivity index (χ2v) is 8.03. The molecule has 1 saturated heterocycles. The highest BCUT2D eigenvalue weighted by molar-refractivity contribution is 7.90. The van der Waals surface area contributed by atoms with Crippen LogP contribution >= 0.6 is 0 Å². The minimum absolute atomic E-state index is 0.0571. The van der Waals surface area contributed by atoms with Gasteiger partial charge in [-0.1, -0.05) is 6.07 Å². The van der Waals surface area contributed by atoms with Gasteiger partial charge in [0.1, 0.15) is 5.82 Å². The van der Waals surface area contributed by atoms with Crippen molar-refractivity contribution in [1.82, 2.24) is 14.6 Å². The molecule has 10 heteroatoms. The van der Waals surface area contributed by atoms with Gasteiger partial charge in [-0.2, -0.15) is 12.7 Å². The van der Waals surface area contributed by atoms with Crippen molar-refractivity contribution in [1.29, 1.82) is 0 Å². The molecular formula is C18H21FN4O4S. The topological polar surface area (TPSA) is 91.8 Å². The third kappa shape index (κ3) is 4.29. The Morgan fingerprint density at radius 1 is 1.32 bits per heavy atom. The fourth-order valence-electron chi connectivity index (χ4n) is 2.90. The monoisotopic (exact) mass is 408 g/mol. The Morgan fingerprint density at radius 3 is 2.68 bits per heavy atom. The first-order valence-corrected chi connectivity index (χ1v) is 10.1. The smallest absolute Gasteiger partial charge is 0.337 e. The summed E-state index contributed by atoms with van der Waals surface area (Å²) in [6.07, 6.45) is 2.95. The molecule has 1 N–H and O–H groups in total. The van der Waals surface area contributed by atoms with E-state index in [4.69, 9.17) is 0 Å². The number of pyridine rings is 1. The summed E-state index contributed by atoms with van der Waals surface area (Å²) in [5.74, 6) is -1.35. The first kappa shape index (κ1) is 20.2. The van der Waals surface area contributed by atoms with E-state index in [1.54, 1.807) is 12.1 Å². The van der Waals surface area contributed by atoms with E-state index >= 15 is 0 Å². The molecule has 2 heterocycles. The van der Waals surface area contributed by atoms with Crippen LogP contribution in [0.1, 0.15) is 15.9 Å². The van der Waals surface area contributed by atoms with E-state index in [0.29, 0.717) is 31.9 Å². The number of methoxy groups -OCH3 is 1. The van der Waals surface area contributed by atoms with Crippen molar-refractivity contribution in [3.63, 3.8) is 0 Å². The molecule has 1 aliphatic heterocycles. The minimum Gasteiger partial charge on any atom is -0.465 e. The zero-order valence-corrected chi connectivity index (χ0v) is 16.2. The number of ether oxygens (including phenoxy) is 1. The number of esters is 1. The summed E-state index contributed by atoms with van der Waals surface area (Å²) in [6.45, 7) is 1.50. The van der Waals surface area contributed by atoms with Crippen LogP contribution in [0.5, 0.6) is 0 Å². The molecule has 0 amide bonds. The maximum absolute atomic E-state index is 14.6. The van der Waals surface area contributed by atoms with E-state index in [2.05, 4.69) is 15.0 Å². The Bertz CT molecular complexity index is 934. The number of hydrogen-bond acceptors (Lipinski definition) is 6. The van der Waals surface area contributed by atoms with Crippen LogP contribution in [0.4, 0.5) is 10.1 Å². The number of carbonyl (C=O) groups excluding carboxylic acids is 1. The number of aromatic nitrogens is 1. The van der Waals surface area contributed by atoms with Crippen LogP contribution < -0.4 is 9.62 Å². The molecule has 0 bridgehead atoms. The second kappa shape index (κ2) is 8.63. The number of halogens is 1. The van der Waals surface area contributed by atoms with Crippen molar-refractivity contribution in [2.45, 2.75) is 6.54 Å². The lowest BCUT2D eigenvalue weighted by atomic mass is 10.1. The van der Waals surface area contributed by atoms with Crippen LogP contribution in [-0.2, 0) is 21.5 Å². The number of carbonyl (C=O) groups is 1. The predicted molar refractivity (Wildman–Crippen MR) is 102 cm³/mol. The standard InChI is InChI=1S/C18H21FN4O4S/c1-27-18(24)14-4-5-15(17(19)11-14)13-23(16-3-2-6-21-12-16)28(25,26)22-9-7-20-8-10-22/h2-6,11-12,20H,7-10,13H2,1H3. The van der Waals surface area contributed by atoms with Crippen LogP contribution in [0.3, 0.4) is 0 Å². The van der Waals surface area contributed by atoms with Gasteiger partial charge in [0, 0.05) is 37.9 Å². The summed E-state index contributed by atoms with van der Waals surface area (Å²) in [6, 6.07) is 7.06.